The Labute approximate surface area is 142 Å². The summed E-state index contributed by atoms with van der Waals surface area (Å²) in [5.74, 6) is -1.87. The third kappa shape index (κ3) is 1.51. The molecular weight excluding hydrogens is 320 g/mol. The van der Waals surface area contributed by atoms with E-state index in [2.05, 4.69) is 10.6 Å². The van der Waals surface area contributed by atoms with Crippen LogP contribution in [0.3, 0.4) is 0 Å². The Morgan fingerprint density at radius 3 is 2.48 bits per heavy atom. The van der Waals surface area contributed by atoms with Gasteiger partial charge >= 0.3 is 5.97 Å². The first-order valence-electron chi connectivity index (χ1n) is 7.86. The van der Waals surface area contributed by atoms with Crippen LogP contribution in [0.5, 0.6) is 0 Å². The molecule has 2 aliphatic heterocycles. The molecule has 25 heavy (non-hydrogen) atoms. The summed E-state index contributed by atoms with van der Waals surface area (Å²) in [5, 5.41) is 15.3. The van der Waals surface area contributed by atoms with Crippen molar-refractivity contribution < 1.29 is 19.5 Å². The Morgan fingerprint density at radius 2 is 1.68 bits per heavy atom. The second-order valence-corrected chi connectivity index (χ2v) is 6.42. The molecule has 0 unspecified atom stereocenters. The number of hydrogen-bond acceptors (Lipinski definition) is 3. The van der Waals surface area contributed by atoms with E-state index < -0.39 is 17.3 Å². The molecule has 0 bridgehead atoms. The van der Waals surface area contributed by atoms with Crippen molar-refractivity contribution in [1.82, 2.24) is 0 Å². The Morgan fingerprint density at radius 1 is 0.960 bits per heavy atom. The maximum absolute atomic E-state index is 13.0. The van der Waals surface area contributed by atoms with E-state index in [1.807, 2.05) is 18.2 Å². The number of aliphatic carboxylic acids is 1. The number of para-hydroxylation sites is 1. The van der Waals surface area contributed by atoms with Crippen LogP contribution in [0.2, 0.25) is 0 Å². The lowest BCUT2D eigenvalue weighted by atomic mass is 9.65. The third-order valence-electron chi connectivity index (χ3n) is 5.27. The molecule has 122 valence electrons. The van der Waals surface area contributed by atoms with Crippen molar-refractivity contribution in [3.8, 4) is 0 Å². The molecule has 1 atom stereocenters. The zero-order chi connectivity index (χ0) is 17.3. The van der Waals surface area contributed by atoms with Gasteiger partial charge in [0.05, 0.1) is 11.1 Å². The summed E-state index contributed by atoms with van der Waals surface area (Å²) in [4.78, 5) is 37.3. The molecule has 6 heteroatoms. The predicted molar refractivity (Wildman–Crippen MR) is 90.1 cm³/mol. The lowest BCUT2D eigenvalue weighted by Crippen LogP contribution is -2.40. The van der Waals surface area contributed by atoms with Crippen molar-refractivity contribution in [2.24, 2.45) is 0 Å². The van der Waals surface area contributed by atoms with Gasteiger partial charge in [0.25, 0.3) is 5.91 Å². The smallest absolute Gasteiger partial charge is 0.332 e. The molecule has 3 N–H and O–H groups in total. The molecule has 5 rings (SSSR count). The molecule has 2 aromatic carbocycles. The lowest BCUT2D eigenvalue weighted by Gasteiger charge is -2.34. The van der Waals surface area contributed by atoms with E-state index in [9.17, 15) is 19.5 Å². The fourth-order valence-corrected chi connectivity index (χ4v) is 4.26. The second kappa shape index (κ2) is 4.36. The molecule has 0 fully saturated rings. The largest absolute Gasteiger partial charge is 0.478 e. The van der Waals surface area contributed by atoms with Crippen LogP contribution in [0.25, 0.3) is 5.57 Å². The molecule has 0 aromatic heterocycles. The number of nitrogens with one attached hydrogen (secondary N) is 2. The monoisotopic (exact) mass is 332 g/mol. The number of carbonyl (C=O) groups excluding carboxylic acids is 2. The van der Waals surface area contributed by atoms with Gasteiger partial charge < -0.3 is 15.7 Å². The maximum Gasteiger partial charge on any atom is 0.332 e. The zero-order valence-corrected chi connectivity index (χ0v) is 12.9. The predicted octanol–water partition coefficient (Wildman–Crippen LogP) is 2.12. The minimum atomic E-state index is -1.18. The van der Waals surface area contributed by atoms with Crippen LogP contribution in [0.15, 0.2) is 48.0 Å². The zero-order valence-electron chi connectivity index (χ0n) is 12.9. The average Bonchev–Trinajstić information content (AvgIpc) is 3.07. The topological polar surface area (TPSA) is 95.5 Å². The molecule has 0 radical (unpaired) electrons. The van der Waals surface area contributed by atoms with Crippen molar-refractivity contribution in [3.63, 3.8) is 0 Å². The highest BCUT2D eigenvalue weighted by atomic mass is 16.4. The second-order valence-electron chi connectivity index (χ2n) is 6.42. The number of carboxylic acid groups (broad SMARTS) is 1. The first kappa shape index (κ1) is 14.0. The standard InChI is InChI=1S/C19H12N2O4/c22-16-14-9(17(23)24)8-19(11-5-3-7-13(20-16)15(11)14)10-4-1-2-6-12(10)21-18(19)25/h1-7H,8H2,(H,20,22)(H,21,25)(H,23,24)/t19-/m0/s1. The molecule has 0 saturated heterocycles. The molecule has 0 saturated carbocycles. The van der Waals surface area contributed by atoms with Gasteiger partial charge in [0.2, 0.25) is 5.91 Å². The van der Waals surface area contributed by atoms with E-state index in [-0.39, 0.29) is 23.5 Å². The molecule has 2 heterocycles. The Bertz CT molecular complexity index is 1050. The fourth-order valence-electron chi connectivity index (χ4n) is 4.26. The quantitative estimate of drug-likeness (QED) is 0.745. The van der Waals surface area contributed by atoms with Gasteiger partial charge in [-0.2, -0.15) is 0 Å². The highest BCUT2D eigenvalue weighted by molar-refractivity contribution is 6.36. The summed E-state index contributed by atoms with van der Waals surface area (Å²) in [6.07, 6.45) is -0.0512. The molecular formula is C19H12N2O4. The number of benzene rings is 2. The maximum atomic E-state index is 13.0. The van der Waals surface area contributed by atoms with Gasteiger partial charge in [-0.3, -0.25) is 9.59 Å². The molecule has 6 nitrogen and oxygen atoms in total. The fraction of sp³-hybridized carbons (Fsp3) is 0.105. The van der Waals surface area contributed by atoms with Crippen LogP contribution >= 0.6 is 0 Å². The number of carbonyl (C=O) groups is 3. The van der Waals surface area contributed by atoms with Gasteiger partial charge in [0.15, 0.2) is 0 Å². The molecule has 2 aromatic rings. The Balaban J connectivity index is 1.92. The number of carboxylic acids is 1. The first-order chi connectivity index (χ1) is 12.0. The van der Waals surface area contributed by atoms with Crippen LogP contribution < -0.4 is 10.6 Å². The summed E-state index contributed by atoms with van der Waals surface area (Å²) >= 11 is 0. The number of anilines is 2. The summed E-state index contributed by atoms with van der Waals surface area (Å²) in [5.41, 5.74) is 2.18. The highest BCUT2D eigenvalue weighted by Gasteiger charge is 2.55. The summed E-state index contributed by atoms with van der Waals surface area (Å²) < 4.78 is 0. The van der Waals surface area contributed by atoms with Crippen LogP contribution in [-0.2, 0) is 19.8 Å². The molecule has 3 aliphatic rings. The van der Waals surface area contributed by atoms with Crippen LogP contribution in [0.4, 0.5) is 11.4 Å². The first-order valence-corrected chi connectivity index (χ1v) is 7.86. The number of hydrogen-bond donors (Lipinski definition) is 3. The molecule has 2 amide bonds. The van der Waals surface area contributed by atoms with Gasteiger partial charge in [0.1, 0.15) is 5.41 Å². The van der Waals surface area contributed by atoms with Crippen LogP contribution in [0.1, 0.15) is 23.1 Å². The summed E-state index contributed by atoms with van der Waals surface area (Å²) in [6, 6.07) is 12.6. The van der Waals surface area contributed by atoms with E-state index in [1.54, 1.807) is 24.3 Å². The van der Waals surface area contributed by atoms with Gasteiger partial charge in [-0.1, -0.05) is 30.3 Å². The average molecular weight is 332 g/mol. The van der Waals surface area contributed by atoms with E-state index >= 15 is 0 Å². The van der Waals surface area contributed by atoms with Gasteiger partial charge in [-0.15, -0.1) is 0 Å². The van der Waals surface area contributed by atoms with Crippen LogP contribution in [-0.4, -0.2) is 22.9 Å². The number of fused-ring (bicyclic) bond motifs is 3. The van der Waals surface area contributed by atoms with E-state index in [4.69, 9.17) is 0 Å². The minimum Gasteiger partial charge on any atom is -0.478 e. The SMILES string of the molecule is O=C(O)C1=C2C(=O)Nc3cccc(c32)[C@@]2(C1)C(=O)Nc1ccccc12. The van der Waals surface area contributed by atoms with E-state index in [0.29, 0.717) is 22.5 Å². The normalized spacial score (nSPS) is 22.6. The van der Waals surface area contributed by atoms with Crippen LogP contribution in [0, 0.1) is 0 Å². The van der Waals surface area contributed by atoms with Crippen molar-refractivity contribution >= 4 is 34.7 Å². The highest BCUT2D eigenvalue weighted by Crippen LogP contribution is 2.55. The van der Waals surface area contributed by atoms with Gasteiger partial charge in [0, 0.05) is 23.4 Å². The van der Waals surface area contributed by atoms with Crippen molar-refractivity contribution in [1.29, 1.82) is 0 Å². The Hall–Kier alpha value is -3.41. The molecule has 1 spiro atoms. The van der Waals surface area contributed by atoms with E-state index in [1.165, 1.54) is 0 Å². The summed E-state index contributed by atoms with van der Waals surface area (Å²) in [6.45, 7) is 0. The van der Waals surface area contributed by atoms with Crippen molar-refractivity contribution in [2.75, 3.05) is 10.6 Å². The minimum absolute atomic E-state index is 0.0261. The van der Waals surface area contributed by atoms with Crippen molar-refractivity contribution in [3.05, 3.63) is 64.7 Å². The Kier molecular flexibility index (Phi) is 2.44. The van der Waals surface area contributed by atoms with Gasteiger partial charge in [-0.05, 0) is 23.3 Å². The lowest BCUT2D eigenvalue weighted by molar-refractivity contribution is -0.133. The molecule has 1 aliphatic carbocycles. The third-order valence-corrected chi connectivity index (χ3v) is 5.27. The van der Waals surface area contributed by atoms with Gasteiger partial charge in [-0.25, -0.2) is 4.79 Å². The van der Waals surface area contributed by atoms with Crippen molar-refractivity contribution in [2.45, 2.75) is 11.8 Å². The van der Waals surface area contributed by atoms with E-state index in [0.717, 1.165) is 5.56 Å². The number of amides is 2. The number of rotatable bonds is 1. The summed E-state index contributed by atoms with van der Waals surface area (Å²) in [7, 11) is 0.